The summed E-state index contributed by atoms with van der Waals surface area (Å²) in [7, 11) is 0. The average molecular weight is 276 g/mol. The Balaban J connectivity index is 2.20. The summed E-state index contributed by atoms with van der Waals surface area (Å²) < 4.78 is 0. The van der Waals surface area contributed by atoms with Gasteiger partial charge >= 0.3 is 0 Å². The molecular weight excluding hydrogens is 250 g/mol. The average Bonchev–Trinajstić information content (AvgIpc) is 2.44. The first-order valence-corrected chi connectivity index (χ1v) is 7.64. The van der Waals surface area contributed by atoms with E-state index in [0.29, 0.717) is 0 Å². The molecule has 0 amide bonds. The maximum atomic E-state index is 3.50. The van der Waals surface area contributed by atoms with Crippen molar-refractivity contribution < 1.29 is 0 Å². The number of halogens is 1. The third-order valence-corrected chi connectivity index (χ3v) is 4.23. The van der Waals surface area contributed by atoms with Crippen molar-refractivity contribution in [3.8, 4) is 0 Å². The molecule has 90 valence electrons. The van der Waals surface area contributed by atoms with Gasteiger partial charge in [-0.15, -0.1) is 0 Å². The third-order valence-electron chi connectivity index (χ3n) is 3.67. The van der Waals surface area contributed by atoms with E-state index in [1.54, 1.807) is 0 Å². The van der Waals surface area contributed by atoms with Crippen molar-refractivity contribution in [2.75, 3.05) is 25.0 Å². The summed E-state index contributed by atoms with van der Waals surface area (Å²) in [6.07, 6.45) is 6.97. The highest BCUT2D eigenvalue weighted by molar-refractivity contribution is 9.09. The minimum atomic E-state index is 0.882. The fourth-order valence-electron chi connectivity index (χ4n) is 2.50. The zero-order chi connectivity index (χ0) is 11.1. The molecule has 15 heavy (non-hydrogen) atoms. The van der Waals surface area contributed by atoms with Crippen LogP contribution in [0.1, 0.15) is 46.0 Å². The third kappa shape index (κ3) is 5.35. The molecule has 1 unspecified atom stereocenters. The molecule has 1 saturated heterocycles. The van der Waals surface area contributed by atoms with Crippen LogP contribution in [0.3, 0.4) is 0 Å². The lowest BCUT2D eigenvalue weighted by Gasteiger charge is -2.21. The smallest absolute Gasteiger partial charge is 0.00317 e. The molecule has 1 fully saturated rings. The van der Waals surface area contributed by atoms with Crippen LogP contribution in [0.2, 0.25) is 0 Å². The summed E-state index contributed by atoms with van der Waals surface area (Å²) in [6, 6.07) is 0. The molecule has 1 aliphatic rings. The topological polar surface area (TPSA) is 3.24 Å². The summed E-state index contributed by atoms with van der Waals surface area (Å²) in [5.74, 6) is 1.86. The fourth-order valence-corrected chi connectivity index (χ4v) is 2.90. The summed E-state index contributed by atoms with van der Waals surface area (Å²) in [4.78, 5) is 2.67. The zero-order valence-electron chi connectivity index (χ0n) is 10.3. The summed E-state index contributed by atoms with van der Waals surface area (Å²) >= 11 is 3.50. The Bertz CT molecular complexity index is 159. The van der Waals surface area contributed by atoms with Crippen LogP contribution in [-0.4, -0.2) is 29.9 Å². The Hall–Kier alpha value is 0.440. The van der Waals surface area contributed by atoms with Gasteiger partial charge < -0.3 is 4.90 Å². The maximum Gasteiger partial charge on any atom is 0.00317 e. The van der Waals surface area contributed by atoms with Crippen molar-refractivity contribution in [3.05, 3.63) is 0 Å². The first-order chi connectivity index (χ1) is 7.24. The predicted molar refractivity (Wildman–Crippen MR) is 71.6 cm³/mol. The molecule has 0 aromatic carbocycles. The number of alkyl halides is 1. The monoisotopic (exact) mass is 275 g/mol. The molecule has 1 heterocycles. The Kier molecular flexibility index (Phi) is 6.91. The van der Waals surface area contributed by atoms with Crippen LogP contribution in [0.25, 0.3) is 0 Å². The second-order valence-corrected chi connectivity index (χ2v) is 5.97. The number of unbranched alkanes of at least 4 members (excludes halogenated alkanes) is 1. The van der Waals surface area contributed by atoms with Gasteiger partial charge in [0.2, 0.25) is 0 Å². The van der Waals surface area contributed by atoms with Gasteiger partial charge in [-0.25, -0.2) is 0 Å². The van der Waals surface area contributed by atoms with Crippen molar-refractivity contribution in [3.63, 3.8) is 0 Å². The molecule has 0 aromatic rings. The van der Waals surface area contributed by atoms with Crippen molar-refractivity contribution in [1.29, 1.82) is 0 Å². The highest BCUT2D eigenvalue weighted by Gasteiger charge is 2.18. The minimum absolute atomic E-state index is 0.882. The Morgan fingerprint density at radius 2 is 2.00 bits per heavy atom. The molecule has 0 aliphatic carbocycles. The van der Waals surface area contributed by atoms with Crippen LogP contribution in [0.15, 0.2) is 0 Å². The SMILES string of the molecule is CC(C)C1CCCN(CCCCBr)CC1. The van der Waals surface area contributed by atoms with E-state index in [2.05, 4.69) is 34.7 Å². The summed E-state index contributed by atoms with van der Waals surface area (Å²) in [6.45, 7) is 8.75. The van der Waals surface area contributed by atoms with Crippen LogP contribution in [0, 0.1) is 11.8 Å². The van der Waals surface area contributed by atoms with E-state index in [1.165, 1.54) is 51.7 Å². The fraction of sp³-hybridized carbons (Fsp3) is 1.00. The molecule has 2 heteroatoms. The van der Waals surface area contributed by atoms with E-state index in [4.69, 9.17) is 0 Å². The quantitative estimate of drug-likeness (QED) is 0.543. The number of hydrogen-bond donors (Lipinski definition) is 0. The van der Waals surface area contributed by atoms with Crippen LogP contribution in [-0.2, 0) is 0 Å². The normalized spacial score (nSPS) is 24.4. The first kappa shape index (κ1) is 13.5. The molecule has 0 N–H and O–H groups in total. The van der Waals surface area contributed by atoms with E-state index in [0.717, 1.165) is 17.2 Å². The van der Waals surface area contributed by atoms with Crippen LogP contribution >= 0.6 is 15.9 Å². The standard InChI is InChI=1S/C13H26BrN/c1-12(2)13-6-5-10-15(11-7-13)9-4-3-8-14/h12-13H,3-11H2,1-2H3. The first-order valence-electron chi connectivity index (χ1n) is 6.52. The molecule has 1 nitrogen and oxygen atoms in total. The Morgan fingerprint density at radius 3 is 2.67 bits per heavy atom. The largest absolute Gasteiger partial charge is 0.303 e. The van der Waals surface area contributed by atoms with Gasteiger partial charge in [-0.3, -0.25) is 0 Å². The lowest BCUT2D eigenvalue weighted by atomic mass is 9.89. The second-order valence-electron chi connectivity index (χ2n) is 5.17. The number of rotatable bonds is 5. The molecule has 1 rings (SSSR count). The number of nitrogens with zero attached hydrogens (tertiary/aromatic N) is 1. The highest BCUT2D eigenvalue weighted by atomic mass is 79.9. The Morgan fingerprint density at radius 1 is 1.20 bits per heavy atom. The molecule has 0 bridgehead atoms. The zero-order valence-corrected chi connectivity index (χ0v) is 11.9. The van der Waals surface area contributed by atoms with Gasteiger partial charge in [0, 0.05) is 5.33 Å². The van der Waals surface area contributed by atoms with E-state index in [1.807, 2.05) is 0 Å². The van der Waals surface area contributed by atoms with Gasteiger partial charge in [-0.1, -0.05) is 29.8 Å². The van der Waals surface area contributed by atoms with Gasteiger partial charge in [0.15, 0.2) is 0 Å². The molecule has 0 radical (unpaired) electrons. The van der Waals surface area contributed by atoms with Crippen LogP contribution in [0.4, 0.5) is 0 Å². The summed E-state index contributed by atoms with van der Waals surface area (Å²) in [5, 5.41) is 1.16. The van der Waals surface area contributed by atoms with Gasteiger partial charge in [0.1, 0.15) is 0 Å². The van der Waals surface area contributed by atoms with E-state index in [-0.39, 0.29) is 0 Å². The lowest BCUT2D eigenvalue weighted by molar-refractivity contribution is 0.268. The number of likely N-dealkylation sites (tertiary alicyclic amines) is 1. The highest BCUT2D eigenvalue weighted by Crippen LogP contribution is 2.24. The van der Waals surface area contributed by atoms with E-state index < -0.39 is 0 Å². The molecule has 1 atom stereocenters. The molecule has 0 saturated carbocycles. The predicted octanol–water partition coefficient (Wildman–Crippen LogP) is 3.92. The second kappa shape index (κ2) is 7.67. The van der Waals surface area contributed by atoms with E-state index in [9.17, 15) is 0 Å². The molecule has 0 spiro atoms. The van der Waals surface area contributed by atoms with Crippen LogP contribution < -0.4 is 0 Å². The van der Waals surface area contributed by atoms with E-state index >= 15 is 0 Å². The minimum Gasteiger partial charge on any atom is -0.303 e. The van der Waals surface area contributed by atoms with Crippen molar-refractivity contribution in [2.24, 2.45) is 11.8 Å². The van der Waals surface area contributed by atoms with Crippen molar-refractivity contribution in [2.45, 2.75) is 46.0 Å². The lowest BCUT2D eigenvalue weighted by Crippen LogP contribution is -2.26. The van der Waals surface area contributed by atoms with Gasteiger partial charge in [0.05, 0.1) is 0 Å². The van der Waals surface area contributed by atoms with Crippen molar-refractivity contribution in [1.82, 2.24) is 4.90 Å². The summed E-state index contributed by atoms with van der Waals surface area (Å²) in [5.41, 5.74) is 0. The Labute approximate surface area is 104 Å². The van der Waals surface area contributed by atoms with Gasteiger partial charge in [0.25, 0.3) is 0 Å². The molecular formula is C13H26BrN. The molecule has 1 aliphatic heterocycles. The number of hydrogen-bond acceptors (Lipinski definition) is 1. The van der Waals surface area contributed by atoms with Crippen LogP contribution in [0.5, 0.6) is 0 Å². The molecule has 0 aromatic heterocycles. The van der Waals surface area contributed by atoms with Gasteiger partial charge in [-0.05, 0) is 63.6 Å². The van der Waals surface area contributed by atoms with Crippen molar-refractivity contribution >= 4 is 15.9 Å². The maximum absolute atomic E-state index is 3.50. The van der Waals surface area contributed by atoms with Gasteiger partial charge in [-0.2, -0.15) is 0 Å².